The number of hydrogen-bond acceptors (Lipinski definition) is 6. The fourth-order valence-electron chi connectivity index (χ4n) is 3.12. The molecule has 30 heavy (non-hydrogen) atoms. The highest BCUT2D eigenvalue weighted by molar-refractivity contribution is 6.30. The van der Waals surface area contributed by atoms with Crippen LogP contribution in [0.3, 0.4) is 0 Å². The Morgan fingerprint density at radius 3 is 2.73 bits per heavy atom. The summed E-state index contributed by atoms with van der Waals surface area (Å²) in [6.07, 6.45) is 3.38. The minimum Gasteiger partial charge on any atom is -0.430 e. The molecule has 8 nitrogen and oxygen atoms in total. The first kappa shape index (κ1) is 21.6. The van der Waals surface area contributed by atoms with Gasteiger partial charge in [0, 0.05) is 30.5 Å². The summed E-state index contributed by atoms with van der Waals surface area (Å²) in [6.45, 7) is 2.04. The monoisotopic (exact) mass is 430 g/mol. The second-order valence-electron chi connectivity index (χ2n) is 6.99. The summed E-state index contributed by atoms with van der Waals surface area (Å²) >= 11 is 5.98. The average molecular weight is 431 g/mol. The van der Waals surface area contributed by atoms with Crippen LogP contribution in [0.2, 0.25) is 5.02 Å². The highest BCUT2D eigenvalue weighted by atomic mass is 35.5. The molecule has 0 saturated heterocycles. The van der Waals surface area contributed by atoms with Gasteiger partial charge in [-0.2, -0.15) is 4.98 Å². The van der Waals surface area contributed by atoms with Gasteiger partial charge in [-0.3, -0.25) is 14.2 Å². The SMILES string of the molecule is CNc1nc(OC2=CC(=O)C(C)CC2)n(Cc2ccc(Cl)cc2)c1C(=O)NCC=O. The van der Waals surface area contributed by atoms with Crippen LogP contribution in [0, 0.1) is 5.92 Å². The molecule has 2 aromatic rings. The molecule has 9 heteroatoms. The number of benzene rings is 1. The number of nitrogens with one attached hydrogen (secondary N) is 2. The van der Waals surface area contributed by atoms with Crippen molar-refractivity contribution >= 4 is 35.4 Å². The van der Waals surface area contributed by atoms with Crippen LogP contribution >= 0.6 is 11.6 Å². The van der Waals surface area contributed by atoms with Crippen molar-refractivity contribution in [2.24, 2.45) is 5.92 Å². The summed E-state index contributed by atoms with van der Waals surface area (Å²) in [5.74, 6) is 0.306. The zero-order chi connectivity index (χ0) is 21.7. The van der Waals surface area contributed by atoms with Gasteiger partial charge in [0.1, 0.15) is 12.0 Å². The van der Waals surface area contributed by atoms with Gasteiger partial charge in [-0.25, -0.2) is 0 Å². The van der Waals surface area contributed by atoms with E-state index in [0.717, 1.165) is 5.56 Å². The highest BCUT2D eigenvalue weighted by Gasteiger charge is 2.26. The van der Waals surface area contributed by atoms with Crippen LogP contribution in [0.15, 0.2) is 36.1 Å². The number of imidazole rings is 1. The number of anilines is 1. The molecule has 2 N–H and O–H groups in total. The van der Waals surface area contributed by atoms with Gasteiger partial charge in [0.15, 0.2) is 17.3 Å². The number of aldehydes is 1. The Morgan fingerprint density at radius 2 is 2.10 bits per heavy atom. The summed E-state index contributed by atoms with van der Waals surface area (Å²) in [5.41, 5.74) is 1.09. The molecule has 0 bridgehead atoms. The van der Waals surface area contributed by atoms with E-state index in [9.17, 15) is 14.4 Å². The molecule has 1 aliphatic rings. The van der Waals surface area contributed by atoms with Gasteiger partial charge in [0.25, 0.3) is 5.91 Å². The molecule has 158 valence electrons. The molecule has 3 rings (SSSR count). The number of amides is 1. The topological polar surface area (TPSA) is 102 Å². The van der Waals surface area contributed by atoms with E-state index in [4.69, 9.17) is 16.3 Å². The molecule has 0 radical (unpaired) electrons. The van der Waals surface area contributed by atoms with Gasteiger partial charge in [-0.1, -0.05) is 30.7 Å². The standard InChI is InChI=1S/C21H23ClN4O4/c1-13-3-8-16(11-17(13)28)30-21-25-19(23-2)18(20(29)24-9-10-27)26(21)12-14-4-6-15(22)7-5-14/h4-7,10-11,13,23H,3,8-9,12H2,1-2H3,(H,24,29). The van der Waals surface area contributed by atoms with Crippen LogP contribution in [0.4, 0.5) is 5.82 Å². The molecule has 0 spiro atoms. The Kier molecular flexibility index (Phi) is 6.89. The number of nitrogens with zero attached hydrogens (tertiary/aromatic N) is 2. The Labute approximate surface area is 179 Å². The third-order valence-electron chi connectivity index (χ3n) is 4.82. The number of allylic oxidation sites excluding steroid dienone is 2. The zero-order valence-electron chi connectivity index (χ0n) is 16.8. The Balaban J connectivity index is 2.01. The maximum absolute atomic E-state index is 12.7. The van der Waals surface area contributed by atoms with Crippen molar-refractivity contribution < 1.29 is 19.1 Å². The normalized spacial score (nSPS) is 16.0. The van der Waals surface area contributed by atoms with Crippen molar-refractivity contribution in [2.45, 2.75) is 26.3 Å². The predicted molar refractivity (Wildman–Crippen MR) is 113 cm³/mol. The molecule has 1 aromatic heterocycles. The summed E-state index contributed by atoms with van der Waals surface area (Å²) in [4.78, 5) is 39.9. The molecule has 0 saturated carbocycles. The number of halogens is 1. The third-order valence-corrected chi connectivity index (χ3v) is 5.07. The molecule has 1 heterocycles. The van der Waals surface area contributed by atoms with E-state index in [0.29, 0.717) is 35.7 Å². The number of aromatic nitrogens is 2. The second-order valence-corrected chi connectivity index (χ2v) is 7.42. The van der Waals surface area contributed by atoms with Gasteiger partial charge in [-0.15, -0.1) is 0 Å². The largest absolute Gasteiger partial charge is 0.430 e. The van der Waals surface area contributed by atoms with E-state index in [2.05, 4.69) is 15.6 Å². The number of carbonyl (C=O) groups excluding carboxylic acids is 3. The molecule has 1 aromatic carbocycles. The minimum absolute atomic E-state index is 0.00449. The van der Waals surface area contributed by atoms with Crippen molar-refractivity contribution in [1.29, 1.82) is 0 Å². The van der Waals surface area contributed by atoms with Gasteiger partial charge in [-0.05, 0) is 24.1 Å². The average Bonchev–Trinajstić information content (AvgIpc) is 3.07. The fourth-order valence-corrected chi connectivity index (χ4v) is 3.25. The molecule has 1 amide bonds. The predicted octanol–water partition coefficient (Wildman–Crippen LogP) is 2.82. The van der Waals surface area contributed by atoms with Gasteiger partial charge < -0.3 is 20.2 Å². The second kappa shape index (κ2) is 9.58. The van der Waals surface area contributed by atoms with Gasteiger partial charge in [0.2, 0.25) is 0 Å². The molecule has 0 aliphatic heterocycles. The maximum Gasteiger partial charge on any atom is 0.304 e. The quantitative estimate of drug-likeness (QED) is 0.624. The van der Waals surface area contributed by atoms with Crippen molar-refractivity contribution in [3.63, 3.8) is 0 Å². The van der Waals surface area contributed by atoms with Crippen LogP contribution in [-0.4, -0.2) is 41.1 Å². The molecular formula is C21H23ClN4O4. The summed E-state index contributed by atoms with van der Waals surface area (Å²) in [6, 6.07) is 7.36. The van der Waals surface area contributed by atoms with Gasteiger partial charge in [0.05, 0.1) is 13.1 Å². The number of hydrogen-bond donors (Lipinski definition) is 2. The number of ketones is 1. The lowest BCUT2D eigenvalue weighted by atomic mass is 9.94. The van der Waals surface area contributed by atoms with Crippen LogP contribution in [0.25, 0.3) is 0 Å². The first-order valence-electron chi connectivity index (χ1n) is 9.59. The van der Waals surface area contributed by atoms with Crippen molar-refractivity contribution in [1.82, 2.24) is 14.9 Å². The molecule has 1 unspecified atom stereocenters. The Bertz CT molecular complexity index is 982. The van der Waals surface area contributed by atoms with E-state index >= 15 is 0 Å². The van der Waals surface area contributed by atoms with Crippen LogP contribution in [0.1, 0.15) is 35.8 Å². The van der Waals surface area contributed by atoms with Gasteiger partial charge >= 0.3 is 6.01 Å². The van der Waals surface area contributed by atoms with E-state index < -0.39 is 5.91 Å². The third kappa shape index (κ3) is 4.88. The summed E-state index contributed by atoms with van der Waals surface area (Å²) in [5, 5.41) is 6.03. The smallest absolute Gasteiger partial charge is 0.304 e. The lowest BCUT2D eigenvalue weighted by Gasteiger charge is -2.18. The first-order chi connectivity index (χ1) is 14.4. The highest BCUT2D eigenvalue weighted by Crippen LogP contribution is 2.28. The van der Waals surface area contributed by atoms with E-state index in [-0.39, 0.29) is 36.5 Å². The van der Waals surface area contributed by atoms with Crippen molar-refractivity contribution in [3.8, 4) is 6.01 Å². The maximum atomic E-state index is 12.7. The lowest BCUT2D eigenvalue weighted by Crippen LogP contribution is -2.28. The fraction of sp³-hybridized carbons (Fsp3) is 0.333. The van der Waals surface area contributed by atoms with E-state index in [1.807, 2.05) is 19.1 Å². The van der Waals surface area contributed by atoms with Crippen LogP contribution in [0.5, 0.6) is 6.01 Å². The van der Waals surface area contributed by atoms with E-state index in [1.54, 1.807) is 23.7 Å². The molecule has 1 aliphatic carbocycles. The number of carbonyl (C=O) groups is 3. The summed E-state index contributed by atoms with van der Waals surface area (Å²) < 4.78 is 7.57. The van der Waals surface area contributed by atoms with Crippen LogP contribution in [-0.2, 0) is 16.1 Å². The van der Waals surface area contributed by atoms with E-state index in [1.165, 1.54) is 6.08 Å². The van der Waals surface area contributed by atoms with Crippen molar-refractivity contribution in [3.05, 3.63) is 52.4 Å². The first-order valence-corrected chi connectivity index (χ1v) is 9.97. The molecule has 1 atom stereocenters. The molecular weight excluding hydrogens is 408 g/mol. The summed E-state index contributed by atoms with van der Waals surface area (Å²) in [7, 11) is 1.64. The number of ether oxygens (including phenoxy) is 1. The molecule has 0 fully saturated rings. The lowest BCUT2D eigenvalue weighted by molar-refractivity contribution is -0.118. The van der Waals surface area contributed by atoms with Crippen LogP contribution < -0.4 is 15.4 Å². The Hall–Kier alpha value is -3.13. The van der Waals surface area contributed by atoms with Crippen molar-refractivity contribution in [2.75, 3.05) is 18.9 Å². The number of rotatable bonds is 8. The minimum atomic E-state index is -0.468. The Morgan fingerprint density at radius 1 is 1.37 bits per heavy atom. The zero-order valence-corrected chi connectivity index (χ0v) is 17.5.